The van der Waals surface area contributed by atoms with E-state index >= 15 is 0 Å². The van der Waals surface area contributed by atoms with E-state index in [-0.39, 0.29) is 31.2 Å². The van der Waals surface area contributed by atoms with E-state index in [1.54, 1.807) is 6.92 Å². The number of rotatable bonds is 8. The highest BCUT2D eigenvalue weighted by Gasteiger charge is 2.20. The SMILES string of the molecule is CC(N)CCC(=O)N[C@H](CCC(N)=O)C(=O)O. The van der Waals surface area contributed by atoms with Crippen LogP contribution in [0.5, 0.6) is 0 Å². The van der Waals surface area contributed by atoms with Crippen LogP contribution in [0.1, 0.15) is 32.6 Å². The Bertz CT molecular complexity index is 291. The molecule has 7 heteroatoms. The summed E-state index contributed by atoms with van der Waals surface area (Å²) in [6, 6.07) is -1.20. The molecule has 0 aromatic rings. The van der Waals surface area contributed by atoms with E-state index in [4.69, 9.17) is 16.6 Å². The third-order valence-electron chi connectivity index (χ3n) is 2.14. The first-order chi connectivity index (χ1) is 7.82. The number of aliphatic carboxylic acids is 1. The summed E-state index contributed by atoms with van der Waals surface area (Å²) < 4.78 is 0. The van der Waals surface area contributed by atoms with Crippen LogP contribution in [0.4, 0.5) is 0 Å². The van der Waals surface area contributed by atoms with Gasteiger partial charge in [0.2, 0.25) is 11.8 Å². The van der Waals surface area contributed by atoms with Gasteiger partial charge in [0.1, 0.15) is 6.04 Å². The van der Waals surface area contributed by atoms with Gasteiger partial charge in [-0.05, 0) is 19.8 Å². The maximum atomic E-state index is 11.4. The molecule has 0 radical (unpaired) electrons. The molecule has 7 nitrogen and oxygen atoms in total. The summed E-state index contributed by atoms with van der Waals surface area (Å²) in [5, 5.41) is 11.1. The van der Waals surface area contributed by atoms with E-state index in [1.807, 2.05) is 0 Å². The molecule has 0 saturated heterocycles. The molecule has 6 N–H and O–H groups in total. The summed E-state index contributed by atoms with van der Waals surface area (Å²) >= 11 is 0. The molecular weight excluding hydrogens is 226 g/mol. The van der Waals surface area contributed by atoms with Crippen LogP contribution in [-0.2, 0) is 14.4 Å². The Hall–Kier alpha value is -1.63. The van der Waals surface area contributed by atoms with Gasteiger partial charge in [-0.25, -0.2) is 4.79 Å². The number of carbonyl (C=O) groups is 3. The normalized spacial score (nSPS) is 13.8. The Kier molecular flexibility index (Phi) is 6.88. The van der Waals surface area contributed by atoms with Gasteiger partial charge >= 0.3 is 5.97 Å². The molecule has 17 heavy (non-hydrogen) atoms. The first kappa shape index (κ1) is 15.4. The third kappa shape index (κ3) is 8.21. The van der Waals surface area contributed by atoms with Crippen LogP contribution in [0.2, 0.25) is 0 Å². The predicted octanol–water partition coefficient (Wildman–Crippen LogP) is -1.05. The number of hydrogen-bond donors (Lipinski definition) is 4. The molecule has 0 spiro atoms. The van der Waals surface area contributed by atoms with Crippen molar-refractivity contribution in [3.8, 4) is 0 Å². The maximum Gasteiger partial charge on any atom is 0.326 e. The van der Waals surface area contributed by atoms with E-state index in [0.29, 0.717) is 6.42 Å². The Balaban J connectivity index is 4.11. The highest BCUT2D eigenvalue weighted by molar-refractivity contribution is 5.84. The first-order valence-electron chi connectivity index (χ1n) is 5.39. The smallest absolute Gasteiger partial charge is 0.326 e. The maximum absolute atomic E-state index is 11.4. The standard InChI is InChI=1S/C10H19N3O4/c1-6(11)2-5-9(15)13-7(10(16)17)3-4-8(12)14/h6-7H,2-5,11H2,1H3,(H2,12,14)(H,13,15)(H,16,17)/t6?,7-/m1/s1. The highest BCUT2D eigenvalue weighted by Crippen LogP contribution is 2.00. The lowest BCUT2D eigenvalue weighted by Gasteiger charge is -2.14. The van der Waals surface area contributed by atoms with Gasteiger partial charge in [0, 0.05) is 18.9 Å². The van der Waals surface area contributed by atoms with Gasteiger partial charge in [0.25, 0.3) is 0 Å². The second-order valence-electron chi connectivity index (χ2n) is 3.98. The van der Waals surface area contributed by atoms with Crippen LogP contribution in [0.3, 0.4) is 0 Å². The lowest BCUT2D eigenvalue weighted by molar-refractivity contribution is -0.142. The molecule has 2 amide bonds. The molecule has 2 atom stereocenters. The Morgan fingerprint density at radius 3 is 2.24 bits per heavy atom. The summed E-state index contributed by atoms with van der Waals surface area (Å²) in [4.78, 5) is 32.7. The summed E-state index contributed by atoms with van der Waals surface area (Å²) in [6.07, 6.45) is 0.561. The average Bonchev–Trinajstić information content (AvgIpc) is 2.20. The van der Waals surface area contributed by atoms with Crippen LogP contribution in [0.15, 0.2) is 0 Å². The molecule has 0 aromatic carbocycles. The van der Waals surface area contributed by atoms with Crippen molar-refractivity contribution in [2.24, 2.45) is 11.5 Å². The number of primary amides is 1. The van der Waals surface area contributed by atoms with Gasteiger partial charge in [-0.1, -0.05) is 0 Å². The Morgan fingerprint density at radius 2 is 1.82 bits per heavy atom. The summed E-state index contributed by atoms with van der Waals surface area (Å²) in [5.41, 5.74) is 10.4. The fraction of sp³-hybridized carbons (Fsp3) is 0.700. The van der Waals surface area contributed by atoms with E-state index in [0.717, 1.165) is 0 Å². The number of hydrogen-bond acceptors (Lipinski definition) is 4. The number of amides is 2. The average molecular weight is 245 g/mol. The fourth-order valence-corrected chi connectivity index (χ4v) is 1.17. The zero-order valence-corrected chi connectivity index (χ0v) is 9.81. The van der Waals surface area contributed by atoms with Crippen molar-refractivity contribution in [2.45, 2.75) is 44.7 Å². The molecule has 0 fully saturated rings. The number of carboxylic acid groups (broad SMARTS) is 1. The van der Waals surface area contributed by atoms with Crippen molar-refractivity contribution in [1.29, 1.82) is 0 Å². The largest absolute Gasteiger partial charge is 0.480 e. The van der Waals surface area contributed by atoms with Gasteiger partial charge in [-0.2, -0.15) is 0 Å². The topological polar surface area (TPSA) is 136 Å². The van der Waals surface area contributed by atoms with E-state index in [1.165, 1.54) is 0 Å². The van der Waals surface area contributed by atoms with Crippen molar-refractivity contribution in [1.82, 2.24) is 5.32 Å². The molecule has 0 bridgehead atoms. The molecule has 0 aliphatic rings. The molecule has 98 valence electrons. The third-order valence-corrected chi connectivity index (χ3v) is 2.14. The monoisotopic (exact) mass is 245 g/mol. The van der Waals surface area contributed by atoms with Crippen LogP contribution < -0.4 is 16.8 Å². The minimum Gasteiger partial charge on any atom is -0.480 e. The van der Waals surface area contributed by atoms with E-state index in [9.17, 15) is 14.4 Å². The quantitative estimate of drug-likeness (QED) is 0.432. The Morgan fingerprint density at radius 1 is 1.24 bits per heavy atom. The van der Waals surface area contributed by atoms with Gasteiger partial charge in [0.05, 0.1) is 0 Å². The lowest BCUT2D eigenvalue weighted by atomic mass is 10.1. The number of nitrogens with two attached hydrogens (primary N) is 2. The molecule has 0 saturated carbocycles. The molecule has 0 aliphatic carbocycles. The molecule has 0 aromatic heterocycles. The van der Waals surface area contributed by atoms with Crippen molar-refractivity contribution in [2.75, 3.05) is 0 Å². The van der Waals surface area contributed by atoms with Gasteiger partial charge < -0.3 is 21.9 Å². The second-order valence-corrected chi connectivity index (χ2v) is 3.98. The van der Waals surface area contributed by atoms with Crippen LogP contribution >= 0.6 is 0 Å². The lowest BCUT2D eigenvalue weighted by Crippen LogP contribution is -2.41. The predicted molar refractivity (Wildman–Crippen MR) is 60.9 cm³/mol. The zero-order valence-electron chi connectivity index (χ0n) is 9.81. The summed E-state index contributed by atoms with van der Waals surface area (Å²) in [5.74, 6) is -2.17. The molecule has 0 aliphatic heterocycles. The first-order valence-corrected chi connectivity index (χ1v) is 5.39. The summed E-state index contributed by atoms with van der Waals surface area (Å²) in [6.45, 7) is 1.76. The zero-order chi connectivity index (χ0) is 13.4. The molecule has 0 rings (SSSR count). The molecular formula is C10H19N3O4. The minimum atomic E-state index is -1.18. The number of carboxylic acids is 1. The Labute approximate surface area is 99.5 Å². The van der Waals surface area contributed by atoms with E-state index < -0.39 is 17.9 Å². The van der Waals surface area contributed by atoms with Crippen molar-refractivity contribution in [3.05, 3.63) is 0 Å². The van der Waals surface area contributed by atoms with Crippen LogP contribution in [0.25, 0.3) is 0 Å². The molecule has 1 unspecified atom stereocenters. The van der Waals surface area contributed by atoms with Gasteiger partial charge in [0.15, 0.2) is 0 Å². The van der Waals surface area contributed by atoms with Gasteiger partial charge in [-0.3, -0.25) is 9.59 Å². The van der Waals surface area contributed by atoms with Crippen molar-refractivity contribution < 1.29 is 19.5 Å². The molecule has 0 heterocycles. The van der Waals surface area contributed by atoms with Crippen LogP contribution in [0, 0.1) is 0 Å². The van der Waals surface area contributed by atoms with Gasteiger partial charge in [-0.15, -0.1) is 0 Å². The van der Waals surface area contributed by atoms with E-state index in [2.05, 4.69) is 5.32 Å². The summed E-state index contributed by atoms with van der Waals surface area (Å²) in [7, 11) is 0. The van der Waals surface area contributed by atoms with Crippen LogP contribution in [-0.4, -0.2) is 35.0 Å². The number of carbonyl (C=O) groups excluding carboxylic acids is 2. The second kappa shape index (κ2) is 7.61. The highest BCUT2D eigenvalue weighted by atomic mass is 16.4. The van der Waals surface area contributed by atoms with Crippen molar-refractivity contribution >= 4 is 17.8 Å². The minimum absolute atomic E-state index is 0.00537. The number of nitrogens with one attached hydrogen (secondary N) is 1. The van der Waals surface area contributed by atoms with Crippen molar-refractivity contribution in [3.63, 3.8) is 0 Å². The fourth-order valence-electron chi connectivity index (χ4n) is 1.17.